The number of anilines is 1. The molecule has 9 nitrogen and oxygen atoms in total. The van der Waals surface area contributed by atoms with Crippen LogP contribution in [-0.4, -0.2) is 58.5 Å². The monoisotopic (exact) mass is 539 g/mol. The Morgan fingerprint density at radius 3 is 2.32 bits per heavy atom. The van der Waals surface area contributed by atoms with Gasteiger partial charge in [-0.05, 0) is 55.8 Å². The number of amides is 2. The number of hydrogen-bond donors (Lipinski definition) is 1. The lowest BCUT2D eigenvalue weighted by Gasteiger charge is -2.32. The lowest BCUT2D eigenvalue weighted by Crippen LogP contribution is -2.50. The molecule has 0 aromatic heterocycles. The molecule has 0 heterocycles. The maximum atomic E-state index is 13.9. The molecule has 0 saturated carbocycles. The highest BCUT2D eigenvalue weighted by atomic mass is 32.2. The van der Waals surface area contributed by atoms with Crippen LogP contribution >= 0.6 is 0 Å². The Labute approximate surface area is 224 Å². The van der Waals surface area contributed by atoms with E-state index in [0.717, 1.165) is 9.87 Å². The fourth-order valence-corrected chi connectivity index (χ4v) is 5.38. The Morgan fingerprint density at radius 1 is 0.974 bits per heavy atom. The van der Waals surface area contributed by atoms with Crippen molar-refractivity contribution in [2.45, 2.75) is 31.3 Å². The number of para-hydroxylation sites is 2. The molecule has 10 heteroatoms. The molecule has 1 N–H and O–H groups in total. The third-order valence-electron chi connectivity index (χ3n) is 5.94. The summed E-state index contributed by atoms with van der Waals surface area (Å²) in [5.41, 5.74) is 0.945. The smallest absolute Gasteiger partial charge is 0.264 e. The zero-order valence-electron chi connectivity index (χ0n) is 22.0. The van der Waals surface area contributed by atoms with Crippen LogP contribution in [0.4, 0.5) is 5.69 Å². The zero-order valence-corrected chi connectivity index (χ0v) is 22.8. The zero-order chi connectivity index (χ0) is 27.7. The van der Waals surface area contributed by atoms with Gasteiger partial charge in [-0.1, -0.05) is 42.5 Å². The number of hydrogen-bond acceptors (Lipinski definition) is 6. The van der Waals surface area contributed by atoms with E-state index in [4.69, 9.17) is 9.47 Å². The molecule has 0 aliphatic carbocycles. The maximum absolute atomic E-state index is 13.9. The number of ether oxygens (including phenoxy) is 2. The van der Waals surface area contributed by atoms with Crippen molar-refractivity contribution >= 4 is 27.5 Å². The minimum absolute atomic E-state index is 0.0257. The van der Waals surface area contributed by atoms with Gasteiger partial charge in [0, 0.05) is 13.6 Å². The summed E-state index contributed by atoms with van der Waals surface area (Å²) in [7, 11) is -1.15. The lowest BCUT2D eigenvalue weighted by molar-refractivity contribution is -0.139. The molecule has 3 aromatic carbocycles. The number of carbonyl (C=O) groups excluding carboxylic acids is 2. The van der Waals surface area contributed by atoms with Gasteiger partial charge >= 0.3 is 0 Å². The fraction of sp³-hybridized carbons (Fsp3) is 0.286. The first-order chi connectivity index (χ1) is 18.2. The number of nitrogens with zero attached hydrogens (tertiary/aromatic N) is 2. The fourth-order valence-electron chi connectivity index (χ4n) is 3.93. The van der Waals surface area contributed by atoms with E-state index in [1.165, 1.54) is 31.2 Å². The van der Waals surface area contributed by atoms with E-state index in [9.17, 15) is 18.0 Å². The Balaban J connectivity index is 2.07. The molecule has 1 atom stereocenters. The van der Waals surface area contributed by atoms with Gasteiger partial charge < -0.3 is 19.7 Å². The number of benzene rings is 3. The van der Waals surface area contributed by atoms with Gasteiger partial charge in [-0.2, -0.15) is 0 Å². The number of carbonyl (C=O) groups is 2. The Hall–Kier alpha value is -4.05. The van der Waals surface area contributed by atoms with Gasteiger partial charge in [0.25, 0.3) is 10.0 Å². The molecule has 0 aliphatic heterocycles. The van der Waals surface area contributed by atoms with Crippen LogP contribution < -0.4 is 19.1 Å². The number of methoxy groups -OCH3 is 1. The van der Waals surface area contributed by atoms with Gasteiger partial charge in [0.2, 0.25) is 11.8 Å². The van der Waals surface area contributed by atoms with E-state index in [0.29, 0.717) is 18.1 Å². The first-order valence-electron chi connectivity index (χ1n) is 12.2. The average molecular weight is 540 g/mol. The molecule has 2 amide bonds. The molecular formula is C28H33N3O6S. The summed E-state index contributed by atoms with van der Waals surface area (Å²) in [5.74, 6) is -0.0226. The molecule has 0 fully saturated rings. The van der Waals surface area contributed by atoms with Gasteiger partial charge in [-0.3, -0.25) is 13.9 Å². The summed E-state index contributed by atoms with van der Waals surface area (Å²) in [5, 5.41) is 2.57. The third-order valence-corrected chi connectivity index (χ3v) is 7.72. The summed E-state index contributed by atoms with van der Waals surface area (Å²) < 4.78 is 39.7. The molecule has 3 aromatic rings. The summed E-state index contributed by atoms with van der Waals surface area (Å²) >= 11 is 0. The Bertz CT molecular complexity index is 1350. The molecule has 0 bridgehead atoms. The van der Waals surface area contributed by atoms with Crippen LogP contribution in [-0.2, 0) is 26.2 Å². The summed E-state index contributed by atoms with van der Waals surface area (Å²) in [4.78, 5) is 27.8. The maximum Gasteiger partial charge on any atom is 0.264 e. The highest BCUT2D eigenvalue weighted by Gasteiger charge is 2.33. The number of rotatable bonds is 12. The van der Waals surface area contributed by atoms with Gasteiger partial charge in [0.1, 0.15) is 24.1 Å². The SMILES string of the molecule is CCOc1ccccc1N(CC(=O)N(Cc1cccc(OC)c1)[C@H](C)C(=O)NC)S(=O)(=O)c1ccccc1. The van der Waals surface area contributed by atoms with E-state index in [2.05, 4.69) is 5.32 Å². The van der Waals surface area contributed by atoms with Crippen LogP contribution in [0.5, 0.6) is 11.5 Å². The van der Waals surface area contributed by atoms with Crippen LogP contribution in [0.15, 0.2) is 83.8 Å². The molecule has 0 unspecified atom stereocenters. The van der Waals surface area contributed by atoms with Gasteiger partial charge in [-0.25, -0.2) is 8.42 Å². The quantitative estimate of drug-likeness (QED) is 0.378. The van der Waals surface area contributed by atoms with E-state index in [1.54, 1.807) is 74.5 Å². The van der Waals surface area contributed by atoms with Gasteiger partial charge in [0.05, 0.1) is 24.3 Å². The van der Waals surface area contributed by atoms with Crippen molar-refractivity contribution in [3.8, 4) is 11.5 Å². The second-order valence-corrected chi connectivity index (χ2v) is 10.3. The second-order valence-electron chi connectivity index (χ2n) is 8.39. The van der Waals surface area contributed by atoms with Crippen molar-refractivity contribution in [1.82, 2.24) is 10.2 Å². The third kappa shape index (κ3) is 6.63. The van der Waals surface area contributed by atoms with Crippen molar-refractivity contribution in [3.63, 3.8) is 0 Å². The van der Waals surface area contributed by atoms with Gasteiger partial charge in [0.15, 0.2) is 0 Å². The molecule has 0 saturated heterocycles. The van der Waals surface area contributed by atoms with Crippen LogP contribution in [0.25, 0.3) is 0 Å². The van der Waals surface area contributed by atoms with Crippen molar-refractivity contribution in [3.05, 3.63) is 84.4 Å². The molecule has 0 radical (unpaired) electrons. The Morgan fingerprint density at radius 2 is 1.66 bits per heavy atom. The summed E-state index contributed by atoms with van der Waals surface area (Å²) in [6, 6.07) is 20.8. The molecular weight excluding hydrogens is 506 g/mol. The average Bonchev–Trinajstić information content (AvgIpc) is 2.94. The predicted octanol–water partition coefficient (Wildman–Crippen LogP) is 3.45. The first kappa shape index (κ1) is 28.5. The largest absolute Gasteiger partial charge is 0.497 e. The van der Waals surface area contributed by atoms with E-state index >= 15 is 0 Å². The predicted molar refractivity (Wildman–Crippen MR) is 146 cm³/mol. The minimum Gasteiger partial charge on any atom is -0.497 e. The second kappa shape index (κ2) is 13.0. The Kier molecular flexibility index (Phi) is 9.72. The van der Waals surface area contributed by atoms with Crippen molar-refractivity contribution < 1.29 is 27.5 Å². The van der Waals surface area contributed by atoms with E-state index in [-0.39, 0.29) is 23.0 Å². The molecule has 38 heavy (non-hydrogen) atoms. The van der Waals surface area contributed by atoms with Crippen LogP contribution in [0, 0.1) is 0 Å². The topological polar surface area (TPSA) is 105 Å². The number of nitrogens with one attached hydrogen (secondary N) is 1. The molecule has 0 spiro atoms. The van der Waals surface area contributed by atoms with Crippen molar-refractivity contribution in [2.75, 3.05) is 31.6 Å². The normalized spacial score (nSPS) is 11.8. The molecule has 3 rings (SSSR count). The van der Waals surface area contributed by atoms with E-state index in [1.807, 2.05) is 6.07 Å². The van der Waals surface area contributed by atoms with Gasteiger partial charge in [-0.15, -0.1) is 0 Å². The summed E-state index contributed by atoms with van der Waals surface area (Å²) in [6.07, 6.45) is 0. The molecule has 0 aliphatic rings. The van der Waals surface area contributed by atoms with Crippen LogP contribution in [0.3, 0.4) is 0 Å². The van der Waals surface area contributed by atoms with E-state index < -0.39 is 28.5 Å². The molecule has 202 valence electrons. The van der Waals surface area contributed by atoms with Crippen molar-refractivity contribution in [1.29, 1.82) is 0 Å². The lowest BCUT2D eigenvalue weighted by atomic mass is 10.1. The standard InChI is InChI=1S/C28H33N3O6S/c1-5-37-26-17-10-9-16-25(26)31(38(34,35)24-14-7-6-8-15-24)20-27(32)30(21(2)28(33)29-3)19-22-12-11-13-23(18-22)36-4/h6-18,21H,5,19-20H2,1-4H3,(H,29,33)/t21-/m1/s1. The number of likely N-dealkylation sites (N-methyl/N-ethyl adjacent to an activating group) is 1. The van der Waals surface area contributed by atoms with Crippen molar-refractivity contribution in [2.24, 2.45) is 0 Å². The van der Waals surface area contributed by atoms with Crippen LogP contribution in [0.1, 0.15) is 19.4 Å². The summed E-state index contributed by atoms with van der Waals surface area (Å²) in [6.45, 7) is 3.21. The number of sulfonamides is 1. The minimum atomic E-state index is -4.17. The van der Waals surface area contributed by atoms with Crippen LogP contribution in [0.2, 0.25) is 0 Å². The first-order valence-corrected chi connectivity index (χ1v) is 13.6. The highest BCUT2D eigenvalue weighted by molar-refractivity contribution is 7.92. The highest BCUT2D eigenvalue weighted by Crippen LogP contribution is 2.33.